The van der Waals surface area contributed by atoms with E-state index in [1.54, 1.807) is 19.1 Å². The molecule has 114 valence electrons. The molecule has 4 heteroatoms. The lowest BCUT2D eigenvalue weighted by molar-refractivity contribution is 0.135. The van der Waals surface area contributed by atoms with Crippen molar-refractivity contribution in [2.75, 3.05) is 20.6 Å². The van der Waals surface area contributed by atoms with Gasteiger partial charge in [0.05, 0.1) is 6.04 Å². The van der Waals surface area contributed by atoms with Crippen LogP contribution in [0.1, 0.15) is 44.4 Å². The number of aryl methyl sites for hydroxylation is 1. The Kier molecular flexibility index (Phi) is 5.66. The standard InChI is InChI=1S/C16H26F2N2/c1-7-10-19-15(16(3,4)20(5)6)12-9-8-11(2)13(17)14(12)18/h8-9,15,19H,7,10H2,1-6H3. The van der Waals surface area contributed by atoms with Crippen LogP contribution in [0.15, 0.2) is 12.1 Å². The second kappa shape index (κ2) is 6.64. The van der Waals surface area contributed by atoms with Crippen molar-refractivity contribution < 1.29 is 8.78 Å². The van der Waals surface area contributed by atoms with Crippen LogP contribution in [-0.4, -0.2) is 31.1 Å². The van der Waals surface area contributed by atoms with Gasteiger partial charge in [-0.25, -0.2) is 8.78 Å². The first kappa shape index (κ1) is 17.1. The van der Waals surface area contributed by atoms with Crippen molar-refractivity contribution in [2.24, 2.45) is 0 Å². The van der Waals surface area contributed by atoms with Gasteiger partial charge in [-0.2, -0.15) is 0 Å². The molecule has 1 aromatic carbocycles. The molecular weight excluding hydrogens is 258 g/mol. The highest BCUT2D eigenvalue weighted by Gasteiger charge is 2.34. The lowest BCUT2D eigenvalue weighted by Crippen LogP contribution is -2.49. The third-order valence-corrected chi connectivity index (χ3v) is 4.07. The zero-order valence-electron chi connectivity index (χ0n) is 13.3. The summed E-state index contributed by atoms with van der Waals surface area (Å²) in [6.07, 6.45) is 0.940. The quantitative estimate of drug-likeness (QED) is 0.857. The summed E-state index contributed by atoms with van der Waals surface area (Å²) in [5, 5.41) is 3.35. The van der Waals surface area contributed by atoms with Gasteiger partial charge in [0.1, 0.15) is 0 Å². The maximum absolute atomic E-state index is 14.3. The van der Waals surface area contributed by atoms with Crippen molar-refractivity contribution in [3.8, 4) is 0 Å². The summed E-state index contributed by atoms with van der Waals surface area (Å²) in [6, 6.07) is 3.06. The molecule has 2 nitrogen and oxygen atoms in total. The van der Waals surface area contributed by atoms with E-state index in [1.807, 2.05) is 32.8 Å². The molecule has 0 aliphatic rings. The largest absolute Gasteiger partial charge is 0.308 e. The van der Waals surface area contributed by atoms with Gasteiger partial charge >= 0.3 is 0 Å². The van der Waals surface area contributed by atoms with Crippen molar-refractivity contribution in [3.63, 3.8) is 0 Å². The molecule has 1 aromatic rings. The van der Waals surface area contributed by atoms with Gasteiger partial charge in [0.2, 0.25) is 0 Å². The summed E-state index contributed by atoms with van der Waals surface area (Å²) in [7, 11) is 3.89. The molecule has 0 bridgehead atoms. The minimum absolute atomic E-state index is 0.271. The molecule has 0 heterocycles. The summed E-state index contributed by atoms with van der Waals surface area (Å²) in [4.78, 5) is 2.03. The van der Waals surface area contributed by atoms with E-state index in [1.165, 1.54) is 0 Å². The van der Waals surface area contributed by atoms with E-state index >= 15 is 0 Å². The Morgan fingerprint density at radius 1 is 1.20 bits per heavy atom. The Bertz CT molecular complexity index is 456. The molecule has 0 amide bonds. The molecule has 0 aliphatic carbocycles. The number of hydrogen-bond acceptors (Lipinski definition) is 2. The highest BCUT2D eigenvalue weighted by atomic mass is 19.2. The molecule has 0 aliphatic heterocycles. The van der Waals surface area contributed by atoms with E-state index in [4.69, 9.17) is 0 Å². The Labute approximate surface area is 121 Å². The van der Waals surface area contributed by atoms with Gasteiger partial charge in [-0.15, -0.1) is 0 Å². The molecule has 1 rings (SSSR count). The van der Waals surface area contributed by atoms with Crippen LogP contribution in [0.5, 0.6) is 0 Å². The van der Waals surface area contributed by atoms with Crippen LogP contribution < -0.4 is 5.32 Å². The topological polar surface area (TPSA) is 15.3 Å². The summed E-state index contributed by atoms with van der Waals surface area (Å²) in [5.41, 5.74) is 0.390. The normalized spacial score (nSPS) is 13.8. The first-order valence-corrected chi connectivity index (χ1v) is 7.08. The molecule has 0 radical (unpaired) electrons. The Morgan fingerprint density at radius 2 is 1.80 bits per heavy atom. The molecule has 0 saturated carbocycles. The molecule has 1 unspecified atom stereocenters. The molecule has 0 saturated heterocycles. The van der Waals surface area contributed by atoms with Gasteiger partial charge in [0, 0.05) is 11.1 Å². The zero-order chi connectivity index (χ0) is 15.5. The molecule has 1 N–H and O–H groups in total. The van der Waals surface area contributed by atoms with E-state index in [-0.39, 0.29) is 11.6 Å². The number of halogens is 2. The van der Waals surface area contributed by atoms with Crippen molar-refractivity contribution in [2.45, 2.75) is 45.7 Å². The summed E-state index contributed by atoms with van der Waals surface area (Å²) < 4.78 is 28.1. The van der Waals surface area contributed by atoms with Gasteiger partial charge in [-0.1, -0.05) is 19.1 Å². The molecule has 0 fully saturated rings. The van der Waals surface area contributed by atoms with Crippen LogP contribution in [0.2, 0.25) is 0 Å². The lowest BCUT2D eigenvalue weighted by Gasteiger charge is -2.41. The average molecular weight is 284 g/mol. The van der Waals surface area contributed by atoms with E-state index in [2.05, 4.69) is 12.2 Å². The molecule has 20 heavy (non-hydrogen) atoms. The molecule has 0 spiro atoms. The van der Waals surface area contributed by atoms with Crippen LogP contribution in [0.4, 0.5) is 8.78 Å². The zero-order valence-corrected chi connectivity index (χ0v) is 13.3. The van der Waals surface area contributed by atoms with Crippen molar-refractivity contribution in [3.05, 3.63) is 34.9 Å². The average Bonchev–Trinajstić information content (AvgIpc) is 2.38. The maximum atomic E-state index is 14.3. The first-order valence-electron chi connectivity index (χ1n) is 7.08. The third-order valence-electron chi connectivity index (χ3n) is 4.07. The number of nitrogens with one attached hydrogen (secondary N) is 1. The monoisotopic (exact) mass is 284 g/mol. The van der Waals surface area contributed by atoms with Crippen LogP contribution >= 0.6 is 0 Å². The number of rotatable bonds is 6. The molecule has 1 atom stereocenters. The number of benzene rings is 1. The predicted octanol–water partition coefficient (Wildman–Crippen LogP) is 3.65. The van der Waals surface area contributed by atoms with Crippen LogP contribution in [-0.2, 0) is 0 Å². The highest BCUT2D eigenvalue weighted by molar-refractivity contribution is 5.30. The van der Waals surface area contributed by atoms with Gasteiger partial charge in [-0.05, 0) is 53.4 Å². The van der Waals surface area contributed by atoms with E-state index < -0.39 is 11.6 Å². The summed E-state index contributed by atoms with van der Waals surface area (Å²) in [5.74, 6) is -1.49. The molecular formula is C16H26F2N2. The van der Waals surface area contributed by atoms with E-state index in [0.717, 1.165) is 13.0 Å². The number of likely N-dealkylation sites (N-methyl/N-ethyl adjacent to an activating group) is 1. The van der Waals surface area contributed by atoms with Crippen molar-refractivity contribution in [1.82, 2.24) is 10.2 Å². The van der Waals surface area contributed by atoms with Gasteiger partial charge in [0.25, 0.3) is 0 Å². The smallest absolute Gasteiger partial charge is 0.163 e. The molecule has 0 aromatic heterocycles. The minimum Gasteiger partial charge on any atom is -0.308 e. The minimum atomic E-state index is -0.750. The fourth-order valence-electron chi connectivity index (χ4n) is 2.17. The number of nitrogens with zero attached hydrogens (tertiary/aromatic N) is 1. The first-order chi connectivity index (χ1) is 9.23. The Morgan fingerprint density at radius 3 is 2.30 bits per heavy atom. The van der Waals surface area contributed by atoms with E-state index in [9.17, 15) is 8.78 Å². The number of hydrogen-bond donors (Lipinski definition) is 1. The van der Waals surface area contributed by atoms with Crippen LogP contribution in [0, 0.1) is 18.6 Å². The lowest BCUT2D eigenvalue weighted by atomic mass is 9.86. The fourth-order valence-corrected chi connectivity index (χ4v) is 2.17. The van der Waals surface area contributed by atoms with Gasteiger partial charge in [0.15, 0.2) is 11.6 Å². The van der Waals surface area contributed by atoms with Crippen LogP contribution in [0.3, 0.4) is 0 Å². The van der Waals surface area contributed by atoms with Gasteiger partial charge < -0.3 is 10.2 Å². The maximum Gasteiger partial charge on any atom is 0.163 e. The third kappa shape index (κ3) is 3.36. The summed E-state index contributed by atoms with van der Waals surface area (Å²) in [6.45, 7) is 8.44. The Hall–Kier alpha value is -1.00. The van der Waals surface area contributed by atoms with Crippen molar-refractivity contribution >= 4 is 0 Å². The fraction of sp³-hybridized carbons (Fsp3) is 0.625. The SMILES string of the molecule is CCCNC(c1ccc(C)c(F)c1F)C(C)(C)N(C)C. The van der Waals surface area contributed by atoms with E-state index in [0.29, 0.717) is 11.1 Å². The highest BCUT2D eigenvalue weighted by Crippen LogP contribution is 2.32. The summed E-state index contributed by atoms with van der Waals surface area (Å²) >= 11 is 0. The van der Waals surface area contributed by atoms with Gasteiger partial charge in [-0.3, -0.25) is 0 Å². The second-order valence-corrected chi connectivity index (χ2v) is 6.03. The second-order valence-electron chi connectivity index (χ2n) is 6.03. The van der Waals surface area contributed by atoms with Crippen molar-refractivity contribution in [1.29, 1.82) is 0 Å². The van der Waals surface area contributed by atoms with Crippen LogP contribution in [0.25, 0.3) is 0 Å². The Balaban J connectivity index is 3.28. The predicted molar refractivity (Wildman–Crippen MR) is 79.9 cm³/mol.